The quantitative estimate of drug-likeness (QED) is 0.820. The first-order chi connectivity index (χ1) is 14.1. The number of hydrogen-bond acceptors (Lipinski definition) is 4. The Labute approximate surface area is 170 Å². The van der Waals surface area contributed by atoms with Gasteiger partial charge < -0.3 is 15.0 Å². The van der Waals surface area contributed by atoms with Gasteiger partial charge in [-0.15, -0.1) is 0 Å². The summed E-state index contributed by atoms with van der Waals surface area (Å²) in [6.07, 6.45) is 3.46. The molecule has 1 saturated carbocycles. The summed E-state index contributed by atoms with van der Waals surface area (Å²) in [6.45, 7) is 0.998. The Balaban J connectivity index is 1.37. The monoisotopic (exact) mass is 389 g/mol. The number of carbonyl (C=O) groups is 2. The van der Waals surface area contributed by atoms with Gasteiger partial charge in [0.05, 0.1) is 11.6 Å². The number of nitriles is 1. The predicted octanol–water partition coefficient (Wildman–Crippen LogP) is 3.48. The van der Waals surface area contributed by atoms with Crippen molar-refractivity contribution < 1.29 is 14.3 Å². The number of nitrogens with one attached hydrogen (secondary N) is 1. The number of carbonyl (C=O) groups excluding carboxylic acids is 2. The summed E-state index contributed by atoms with van der Waals surface area (Å²) in [5, 5.41) is 11.9. The summed E-state index contributed by atoms with van der Waals surface area (Å²) in [5.74, 6) is 0.733. The summed E-state index contributed by atoms with van der Waals surface area (Å²) in [4.78, 5) is 26.9. The number of likely N-dealkylation sites (tertiary alicyclic amines) is 1. The number of ether oxygens (including phenoxy) is 1. The fraction of sp³-hybridized carbons (Fsp3) is 0.348. The molecule has 1 heterocycles. The van der Waals surface area contributed by atoms with E-state index in [0.717, 1.165) is 24.8 Å². The Morgan fingerprint density at radius 3 is 2.76 bits per heavy atom. The van der Waals surface area contributed by atoms with Crippen LogP contribution >= 0.6 is 0 Å². The maximum Gasteiger partial charge on any atom is 0.247 e. The molecular weight excluding hydrogens is 366 g/mol. The molecule has 1 aliphatic carbocycles. The number of anilines is 1. The minimum absolute atomic E-state index is 0.124. The zero-order valence-corrected chi connectivity index (χ0v) is 16.1. The molecule has 2 amide bonds. The van der Waals surface area contributed by atoms with E-state index >= 15 is 0 Å². The molecule has 2 aromatic rings. The van der Waals surface area contributed by atoms with Crippen LogP contribution in [-0.4, -0.2) is 29.3 Å². The number of amides is 2. The zero-order chi connectivity index (χ0) is 20.2. The van der Waals surface area contributed by atoms with Crippen molar-refractivity contribution in [1.82, 2.24) is 4.90 Å². The van der Waals surface area contributed by atoms with Crippen molar-refractivity contribution in [1.29, 1.82) is 5.26 Å². The Morgan fingerprint density at radius 2 is 1.97 bits per heavy atom. The Kier molecular flexibility index (Phi) is 5.48. The molecule has 1 saturated heterocycles. The van der Waals surface area contributed by atoms with Gasteiger partial charge in [-0.1, -0.05) is 18.2 Å². The van der Waals surface area contributed by atoms with Crippen LogP contribution in [0.5, 0.6) is 5.75 Å². The van der Waals surface area contributed by atoms with Crippen molar-refractivity contribution >= 4 is 17.5 Å². The number of rotatable bonds is 6. The highest BCUT2D eigenvalue weighted by molar-refractivity contribution is 5.98. The van der Waals surface area contributed by atoms with Crippen molar-refractivity contribution in [3.8, 4) is 11.8 Å². The van der Waals surface area contributed by atoms with E-state index in [0.29, 0.717) is 36.6 Å². The van der Waals surface area contributed by atoms with Gasteiger partial charge in [0.2, 0.25) is 11.8 Å². The molecule has 1 aliphatic heterocycles. The fourth-order valence-electron chi connectivity index (χ4n) is 3.65. The van der Waals surface area contributed by atoms with Crippen LogP contribution in [0.4, 0.5) is 5.69 Å². The molecule has 0 radical (unpaired) electrons. The lowest BCUT2D eigenvalue weighted by Crippen LogP contribution is -2.43. The Hall–Kier alpha value is -3.33. The summed E-state index contributed by atoms with van der Waals surface area (Å²) in [5.41, 5.74) is 2.14. The van der Waals surface area contributed by atoms with Crippen LogP contribution in [0.25, 0.3) is 0 Å². The first-order valence-electron chi connectivity index (χ1n) is 9.97. The lowest BCUT2D eigenvalue weighted by atomic mass is 10.1. The second kappa shape index (κ2) is 8.36. The summed E-state index contributed by atoms with van der Waals surface area (Å²) >= 11 is 0. The average molecular weight is 389 g/mol. The molecule has 148 valence electrons. The molecule has 4 rings (SSSR count). The van der Waals surface area contributed by atoms with Gasteiger partial charge in [-0.3, -0.25) is 9.59 Å². The second-order valence-electron chi connectivity index (χ2n) is 7.58. The van der Waals surface area contributed by atoms with Crippen LogP contribution in [0.3, 0.4) is 0 Å². The largest absolute Gasteiger partial charge is 0.489 e. The first kappa shape index (κ1) is 19.0. The molecule has 0 bridgehead atoms. The Morgan fingerprint density at radius 1 is 1.14 bits per heavy atom. The van der Waals surface area contributed by atoms with Gasteiger partial charge in [-0.2, -0.15) is 5.26 Å². The normalized spacial score (nSPS) is 18.2. The smallest absolute Gasteiger partial charge is 0.247 e. The maximum atomic E-state index is 12.8. The standard InChI is InChI=1S/C23H23N3O3/c24-14-16-4-1-5-17(12-16)15-29-20-7-2-6-19(13-20)25-22(27)21-8-3-11-26(21)23(28)18-9-10-18/h1-2,4-7,12-13,18,21H,3,8-11,15H2,(H,25,27). The SMILES string of the molecule is N#Cc1cccc(COc2cccc(NC(=O)C3CCCN3C(=O)C3CC3)c2)c1. The van der Waals surface area contributed by atoms with E-state index in [1.54, 1.807) is 23.1 Å². The highest BCUT2D eigenvalue weighted by atomic mass is 16.5. The summed E-state index contributed by atoms with van der Waals surface area (Å²) in [7, 11) is 0. The average Bonchev–Trinajstić information content (AvgIpc) is 3.48. The van der Waals surface area contributed by atoms with Gasteiger partial charge in [0.25, 0.3) is 0 Å². The van der Waals surface area contributed by atoms with Crippen molar-refractivity contribution in [3.05, 3.63) is 59.7 Å². The van der Waals surface area contributed by atoms with Crippen molar-refractivity contribution in [3.63, 3.8) is 0 Å². The van der Waals surface area contributed by atoms with E-state index in [1.807, 2.05) is 30.3 Å². The van der Waals surface area contributed by atoms with E-state index in [9.17, 15) is 9.59 Å². The molecule has 2 aliphatic rings. The van der Waals surface area contributed by atoms with E-state index in [1.165, 1.54) is 0 Å². The number of nitrogens with zero attached hydrogens (tertiary/aromatic N) is 2. The third-order valence-corrected chi connectivity index (χ3v) is 5.33. The van der Waals surface area contributed by atoms with E-state index in [-0.39, 0.29) is 23.8 Å². The van der Waals surface area contributed by atoms with Gasteiger partial charge in [0.15, 0.2) is 0 Å². The van der Waals surface area contributed by atoms with Crippen LogP contribution in [-0.2, 0) is 16.2 Å². The minimum atomic E-state index is -0.388. The molecule has 0 aromatic heterocycles. The molecule has 1 atom stereocenters. The molecule has 2 aromatic carbocycles. The molecule has 2 fully saturated rings. The van der Waals surface area contributed by atoms with Gasteiger partial charge in [0.1, 0.15) is 18.4 Å². The second-order valence-corrected chi connectivity index (χ2v) is 7.58. The van der Waals surface area contributed by atoms with Crippen molar-refractivity contribution in [2.45, 2.75) is 38.3 Å². The number of hydrogen-bond donors (Lipinski definition) is 1. The molecule has 29 heavy (non-hydrogen) atoms. The molecule has 6 nitrogen and oxygen atoms in total. The number of benzene rings is 2. The van der Waals surface area contributed by atoms with Crippen LogP contribution in [0.15, 0.2) is 48.5 Å². The van der Waals surface area contributed by atoms with Gasteiger partial charge >= 0.3 is 0 Å². The predicted molar refractivity (Wildman–Crippen MR) is 108 cm³/mol. The fourth-order valence-corrected chi connectivity index (χ4v) is 3.65. The van der Waals surface area contributed by atoms with Crippen molar-refractivity contribution in [2.24, 2.45) is 5.92 Å². The third-order valence-electron chi connectivity index (χ3n) is 5.33. The third kappa shape index (κ3) is 4.57. The van der Waals surface area contributed by atoms with E-state index < -0.39 is 0 Å². The van der Waals surface area contributed by atoms with Crippen LogP contribution in [0.1, 0.15) is 36.8 Å². The van der Waals surface area contributed by atoms with Gasteiger partial charge in [-0.25, -0.2) is 0 Å². The van der Waals surface area contributed by atoms with Gasteiger partial charge in [0, 0.05) is 24.2 Å². The van der Waals surface area contributed by atoms with E-state index in [4.69, 9.17) is 10.00 Å². The molecule has 1 unspecified atom stereocenters. The topological polar surface area (TPSA) is 82.4 Å². The summed E-state index contributed by atoms with van der Waals surface area (Å²) in [6, 6.07) is 16.2. The Bertz CT molecular complexity index is 962. The maximum absolute atomic E-state index is 12.8. The molecule has 1 N–H and O–H groups in total. The van der Waals surface area contributed by atoms with E-state index in [2.05, 4.69) is 11.4 Å². The highest BCUT2D eigenvalue weighted by Gasteiger charge is 2.40. The first-order valence-corrected chi connectivity index (χ1v) is 9.97. The molecule has 6 heteroatoms. The van der Waals surface area contributed by atoms with Crippen molar-refractivity contribution in [2.75, 3.05) is 11.9 Å². The van der Waals surface area contributed by atoms with Crippen LogP contribution < -0.4 is 10.1 Å². The highest BCUT2D eigenvalue weighted by Crippen LogP contribution is 2.34. The lowest BCUT2D eigenvalue weighted by Gasteiger charge is -2.24. The van der Waals surface area contributed by atoms with Gasteiger partial charge in [-0.05, 0) is 55.5 Å². The van der Waals surface area contributed by atoms with Crippen LogP contribution in [0, 0.1) is 17.2 Å². The minimum Gasteiger partial charge on any atom is -0.489 e. The van der Waals surface area contributed by atoms with Crippen LogP contribution in [0.2, 0.25) is 0 Å². The summed E-state index contributed by atoms with van der Waals surface area (Å²) < 4.78 is 5.81. The molecular formula is C23H23N3O3. The zero-order valence-electron chi connectivity index (χ0n) is 16.1. The molecule has 0 spiro atoms. The lowest BCUT2D eigenvalue weighted by molar-refractivity contribution is -0.137.